The van der Waals surface area contributed by atoms with Crippen molar-refractivity contribution in [3.63, 3.8) is 0 Å². The molecule has 0 saturated heterocycles. The Labute approximate surface area is 204 Å². The van der Waals surface area contributed by atoms with E-state index in [0.29, 0.717) is 23.4 Å². The molecule has 3 rings (SSSR count). The van der Waals surface area contributed by atoms with E-state index in [4.69, 9.17) is 9.47 Å². The van der Waals surface area contributed by atoms with Crippen LogP contribution in [0, 0.1) is 0 Å². The molecule has 0 spiro atoms. The molecule has 0 fully saturated rings. The minimum atomic E-state index is -0.989. The maximum atomic E-state index is 13.5. The van der Waals surface area contributed by atoms with Gasteiger partial charge in [-0.1, -0.05) is 62.7 Å². The van der Waals surface area contributed by atoms with Crippen molar-refractivity contribution in [2.75, 3.05) is 14.2 Å². The normalized spacial score (nSPS) is 11.2. The predicted octanol–water partition coefficient (Wildman–Crippen LogP) is 4.75. The van der Waals surface area contributed by atoms with Crippen LogP contribution in [0.15, 0.2) is 53.3 Å². The fourth-order valence-corrected chi connectivity index (χ4v) is 4.23. The van der Waals surface area contributed by atoms with Crippen LogP contribution in [0.3, 0.4) is 0 Å². The second-order valence-electron chi connectivity index (χ2n) is 8.24. The third-order valence-electron chi connectivity index (χ3n) is 6.02. The first-order chi connectivity index (χ1) is 16.9. The number of methoxy groups -OCH3 is 2. The van der Waals surface area contributed by atoms with Crippen LogP contribution < -0.4 is 5.69 Å². The minimum Gasteiger partial charge on any atom is -0.478 e. The van der Waals surface area contributed by atoms with Crippen LogP contribution in [0.2, 0.25) is 0 Å². The van der Waals surface area contributed by atoms with Gasteiger partial charge in [-0.05, 0) is 35.6 Å². The van der Waals surface area contributed by atoms with Crippen molar-refractivity contribution in [3.8, 4) is 11.1 Å². The number of hydrogen-bond acceptors (Lipinski definition) is 5. The van der Waals surface area contributed by atoms with Crippen molar-refractivity contribution in [3.05, 3.63) is 81.5 Å². The third kappa shape index (κ3) is 5.44. The Morgan fingerprint density at radius 1 is 1.00 bits per heavy atom. The smallest absolute Gasteiger partial charge is 0.336 e. The zero-order chi connectivity index (χ0) is 25.5. The number of carboxylic acids is 1. The molecule has 35 heavy (non-hydrogen) atoms. The highest BCUT2D eigenvalue weighted by atomic mass is 16.7. The summed E-state index contributed by atoms with van der Waals surface area (Å²) >= 11 is 0. The second-order valence-corrected chi connectivity index (χ2v) is 8.24. The van der Waals surface area contributed by atoms with Crippen LogP contribution >= 0.6 is 0 Å². The van der Waals surface area contributed by atoms with Gasteiger partial charge in [0.2, 0.25) is 12.2 Å². The fraction of sp³-hybridized carbons (Fsp3) is 0.370. The second kappa shape index (κ2) is 11.8. The summed E-state index contributed by atoms with van der Waals surface area (Å²) in [6.45, 7) is 4.04. The highest BCUT2D eigenvalue weighted by Crippen LogP contribution is 2.26. The molecule has 8 nitrogen and oxygen atoms in total. The fourth-order valence-electron chi connectivity index (χ4n) is 4.23. The summed E-state index contributed by atoms with van der Waals surface area (Å²) < 4.78 is 13.7. The lowest BCUT2D eigenvalue weighted by Gasteiger charge is -2.17. The molecule has 1 aromatic heterocycles. The summed E-state index contributed by atoms with van der Waals surface area (Å²) in [6, 6.07) is 14.3. The van der Waals surface area contributed by atoms with E-state index in [1.165, 1.54) is 18.8 Å². The molecule has 0 aliphatic heterocycles. The molecule has 3 aromatic rings. The number of benzene rings is 2. The largest absolute Gasteiger partial charge is 0.478 e. The Bertz CT molecular complexity index is 1240. The van der Waals surface area contributed by atoms with Gasteiger partial charge in [0.15, 0.2) is 0 Å². The van der Waals surface area contributed by atoms with Crippen LogP contribution in [-0.2, 0) is 22.4 Å². The highest BCUT2D eigenvalue weighted by Gasteiger charge is 2.29. The Morgan fingerprint density at radius 3 is 2.23 bits per heavy atom. The van der Waals surface area contributed by atoms with Gasteiger partial charge in [-0.25, -0.2) is 14.2 Å². The summed E-state index contributed by atoms with van der Waals surface area (Å²) in [5, 5.41) is 9.50. The topological polar surface area (TPSA) is 99.8 Å². The molecule has 0 aliphatic carbocycles. The van der Waals surface area contributed by atoms with E-state index < -0.39 is 17.9 Å². The van der Waals surface area contributed by atoms with Crippen LogP contribution in [-0.4, -0.2) is 40.3 Å². The number of carbonyl (C=O) groups is 2. The van der Waals surface area contributed by atoms with Gasteiger partial charge in [0.25, 0.3) is 0 Å². The van der Waals surface area contributed by atoms with E-state index in [1.807, 2.05) is 24.3 Å². The number of nitrogens with zero attached hydrogens (tertiary/aromatic N) is 2. The quantitative estimate of drug-likeness (QED) is 0.398. The van der Waals surface area contributed by atoms with Crippen molar-refractivity contribution in [2.24, 2.45) is 0 Å². The van der Waals surface area contributed by atoms with Crippen LogP contribution in [0.5, 0.6) is 0 Å². The lowest BCUT2D eigenvalue weighted by Crippen LogP contribution is -2.31. The molecule has 0 radical (unpaired) electrons. The van der Waals surface area contributed by atoms with Crippen molar-refractivity contribution in [2.45, 2.75) is 52.4 Å². The van der Waals surface area contributed by atoms with E-state index in [0.717, 1.165) is 24.0 Å². The number of hydrogen-bond donors (Lipinski definition) is 1. The third-order valence-corrected chi connectivity index (χ3v) is 6.02. The van der Waals surface area contributed by atoms with E-state index in [-0.39, 0.29) is 24.4 Å². The molecule has 1 N–H and O–H groups in total. The molecular formula is C27H32N2O6. The van der Waals surface area contributed by atoms with Crippen LogP contribution in [0.1, 0.15) is 71.5 Å². The molecule has 8 heteroatoms. The average molecular weight is 481 g/mol. The van der Waals surface area contributed by atoms with Crippen molar-refractivity contribution in [1.82, 2.24) is 9.13 Å². The number of aromatic nitrogens is 2. The van der Waals surface area contributed by atoms with Gasteiger partial charge in [0, 0.05) is 26.3 Å². The number of unbranched alkanes of at least 4 members (excludes halogenated alkanes) is 1. The monoisotopic (exact) mass is 480 g/mol. The first-order valence-corrected chi connectivity index (χ1v) is 11.7. The molecule has 0 aliphatic rings. The van der Waals surface area contributed by atoms with Gasteiger partial charge in [-0.3, -0.25) is 9.36 Å². The minimum absolute atomic E-state index is 0.169. The molecule has 0 unspecified atom stereocenters. The van der Waals surface area contributed by atoms with Gasteiger partial charge >= 0.3 is 11.7 Å². The van der Waals surface area contributed by atoms with Crippen LogP contribution in [0.25, 0.3) is 11.1 Å². The van der Waals surface area contributed by atoms with Gasteiger partial charge in [-0.2, -0.15) is 0 Å². The predicted molar refractivity (Wildman–Crippen MR) is 133 cm³/mol. The summed E-state index contributed by atoms with van der Waals surface area (Å²) in [4.78, 5) is 37.8. The van der Waals surface area contributed by atoms with Crippen LogP contribution in [0.4, 0.5) is 0 Å². The average Bonchev–Trinajstić information content (AvgIpc) is 3.14. The van der Waals surface area contributed by atoms with E-state index in [2.05, 4.69) is 6.92 Å². The van der Waals surface area contributed by atoms with E-state index in [1.54, 1.807) is 35.8 Å². The van der Waals surface area contributed by atoms with Crippen molar-refractivity contribution in [1.29, 1.82) is 0 Å². The summed E-state index contributed by atoms with van der Waals surface area (Å²) in [7, 11) is 2.96. The number of ether oxygens (including phenoxy) is 2. The first kappa shape index (κ1) is 26.1. The highest BCUT2D eigenvalue weighted by molar-refractivity contribution is 5.96. The van der Waals surface area contributed by atoms with Gasteiger partial charge < -0.3 is 14.6 Å². The Kier molecular flexibility index (Phi) is 8.78. The standard InChI is InChI=1S/C27H32N2O6/c1-5-7-12-22-24(26(34-3)35-4)29(23(30)6-2)27(33)28(22)17-18-13-15-19(16-14-18)20-10-8-9-11-21(20)25(31)32/h8-11,13-16,26H,5-7,12,17H2,1-4H3,(H,31,32). The SMILES string of the molecule is CCCCc1c(C(OC)OC)n(C(=O)CC)c(=O)n1Cc1ccc(-c2ccccc2C(=O)O)cc1. The molecule has 186 valence electrons. The molecule has 2 aromatic carbocycles. The molecule has 1 heterocycles. The molecular weight excluding hydrogens is 448 g/mol. The van der Waals surface area contributed by atoms with Crippen molar-refractivity contribution < 1.29 is 24.2 Å². The van der Waals surface area contributed by atoms with Gasteiger partial charge in [0.1, 0.15) is 5.69 Å². The summed E-state index contributed by atoms with van der Waals surface area (Å²) in [5.74, 6) is -1.31. The Morgan fingerprint density at radius 2 is 1.66 bits per heavy atom. The lowest BCUT2D eigenvalue weighted by molar-refractivity contribution is -0.110. The zero-order valence-corrected chi connectivity index (χ0v) is 20.6. The Hall–Kier alpha value is -3.49. The maximum Gasteiger partial charge on any atom is 0.336 e. The summed E-state index contributed by atoms with van der Waals surface area (Å²) in [5.41, 5.74) is 3.20. The number of carboxylic acid groups (broad SMARTS) is 1. The zero-order valence-electron chi connectivity index (χ0n) is 20.6. The molecule has 0 saturated carbocycles. The lowest BCUT2D eigenvalue weighted by atomic mass is 9.98. The number of rotatable bonds is 11. The molecule has 0 bridgehead atoms. The van der Waals surface area contributed by atoms with Gasteiger partial charge in [0.05, 0.1) is 12.1 Å². The molecule has 0 atom stereocenters. The summed E-state index contributed by atoms with van der Waals surface area (Å²) in [6.07, 6.45) is 1.67. The number of carbonyl (C=O) groups excluding carboxylic acids is 1. The first-order valence-electron chi connectivity index (χ1n) is 11.7. The van der Waals surface area contributed by atoms with Gasteiger partial charge in [-0.15, -0.1) is 0 Å². The van der Waals surface area contributed by atoms with E-state index in [9.17, 15) is 19.5 Å². The molecule has 0 amide bonds. The maximum absolute atomic E-state index is 13.5. The van der Waals surface area contributed by atoms with Crippen molar-refractivity contribution >= 4 is 11.9 Å². The Balaban J connectivity index is 2.07. The van der Waals surface area contributed by atoms with E-state index >= 15 is 0 Å². The number of imidazole rings is 1. The number of aromatic carboxylic acids is 1.